The number of benzene rings is 2. The number of carbonyl (C=O) groups excluding carboxylic acids is 1. The van der Waals surface area contributed by atoms with Crippen molar-refractivity contribution in [3.63, 3.8) is 0 Å². The number of ether oxygens (including phenoxy) is 1. The van der Waals surface area contributed by atoms with Gasteiger partial charge in [-0.1, -0.05) is 36.4 Å². The topological polar surface area (TPSA) is 67.6 Å². The second-order valence-corrected chi connectivity index (χ2v) is 6.51. The number of hydrogen-bond acceptors (Lipinski definition) is 4. The molecule has 1 amide bonds. The normalized spacial score (nSPS) is 19.3. The van der Waals surface area contributed by atoms with Gasteiger partial charge in [0, 0.05) is 30.9 Å². The molecule has 0 radical (unpaired) electrons. The van der Waals surface area contributed by atoms with E-state index in [9.17, 15) is 4.79 Å². The van der Waals surface area contributed by atoms with Crippen LogP contribution in [0.1, 0.15) is 22.8 Å². The van der Waals surface area contributed by atoms with Crippen LogP contribution >= 0.6 is 0 Å². The van der Waals surface area contributed by atoms with Crippen LogP contribution in [0.5, 0.6) is 0 Å². The van der Waals surface area contributed by atoms with E-state index in [0.717, 1.165) is 31.9 Å². The summed E-state index contributed by atoms with van der Waals surface area (Å²) in [5.74, 6) is -0.417. The van der Waals surface area contributed by atoms with Crippen LogP contribution in [-0.2, 0) is 11.3 Å². The van der Waals surface area contributed by atoms with Crippen LogP contribution in [0.4, 0.5) is 5.69 Å². The molecule has 2 unspecified atom stereocenters. The van der Waals surface area contributed by atoms with E-state index in [1.807, 2.05) is 18.2 Å². The van der Waals surface area contributed by atoms with Gasteiger partial charge in [-0.05, 0) is 30.7 Å². The molecule has 2 aromatic carbocycles. The lowest BCUT2D eigenvalue weighted by atomic mass is 10.1. The smallest absolute Gasteiger partial charge is 0.248 e. The zero-order valence-corrected chi connectivity index (χ0v) is 14.5. The van der Waals surface area contributed by atoms with Crippen molar-refractivity contribution in [1.82, 2.24) is 4.90 Å². The van der Waals surface area contributed by atoms with Crippen LogP contribution in [0.2, 0.25) is 0 Å². The van der Waals surface area contributed by atoms with Crippen LogP contribution in [0.25, 0.3) is 0 Å². The predicted molar refractivity (Wildman–Crippen MR) is 99.5 cm³/mol. The molecule has 1 saturated heterocycles. The minimum absolute atomic E-state index is 0.0923. The van der Waals surface area contributed by atoms with Crippen LogP contribution in [0.15, 0.2) is 54.6 Å². The third-order valence-corrected chi connectivity index (χ3v) is 4.53. The first-order valence-electron chi connectivity index (χ1n) is 8.66. The van der Waals surface area contributed by atoms with E-state index in [0.29, 0.717) is 5.56 Å². The molecule has 5 heteroatoms. The van der Waals surface area contributed by atoms with E-state index >= 15 is 0 Å². The Morgan fingerprint density at radius 2 is 2.08 bits per heavy atom. The highest BCUT2D eigenvalue weighted by molar-refractivity contribution is 5.93. The van der Waals surface area contributed by atoms with E-state index in [4.69, 9.17) is 10.5 Å². The van der Waals surface area contributed by atoms with Crippen molar-refractivity contribution in [2.75, 3.05) is 25.0 Å². The largest absolute Gasteiger partial charge is 0.380 e. The fourth-order valence-corrected chi connectivity index (χ4v) is 3.14. The van der Waals surface area contributed by atoms with Crippen molar-refractivity contribution in [1.29, 1.82) is 0 Å². The molecule has 0 spiro atoms. The fourth-order valence-electron chi connectivity index (χ4n) is 3.14. The number of morpholine rings is 1. The summed E-state index contributed by atoms with van der Waals surface area (Å²) in [7, 11) is 0. The van der Waals surface area contributed by atoms with Gasteiger partial charge >= 0.3 is 0 Å². The number of nitrogens with zero attached hydrogens (tertiary/aromatic N) is 1. The molecule has 1 heterocycles. The summed E-state index contributed by atoms with van der Waals surface area (Å²) in [4.78, 5) is 13.7. The van der Waals surface area contributed by atoms with Crippen LogP contribution in [0, 0.1) is 0 Å². The van der Waals surface area contributed by atoms with Gasteiger partial charge in [0.25, 0.3) is 0 Å². The highest BCUT2D eigenvalue weighted by atomic mass is 16.5. The maximum absolute atomic E-state index is 11.3. The lowest BCUT2D eigenvalue weighted by molar-refractivity contribution is -0.0373. The Hall–Kier alpha value is -2.37. The van der Waals surface area contributed by atoms with E-state index in [-0.39, 0.29) is 12.1 Å². The quantitative estimate of drug-likeness (QED) is 0.848. The first-order valence-corrected chi connectivity index (χ1v) is 8.66. The molecule has 0 saturated carbocycles. The number of primary amides is 1. The Morgan fingerprint density at radius 1 is 1.28 bits per heavy atom. The van der Waals surface area contributed by atoms with Gasteiger partial charge in [-0.2, -0.15) is 0 Å². The molecule has 5 nitrogen and oxygen atoms in total. The van der Waals surface area contributed by atoms with Crippen LogP contribution in [-0.4, -0.2) is 42.6 Å². The first-order chi connectivity index (χ1) is 12.1. The Labute approximate surface area is 148 Å². The second-order valence-electron chi connectivity index (χ2n) is 6.51. The van der Waals surface area contributed by atoms with Crippen LogP contribution in [0.3, 0.4) is 0 Å². The van der Waals surface area contributed by atoms with E-state index in [2.05, 4.69) is 41.4 Å². The Kier molecular flexibility index (Phi) is 5.68. The molecule has 1 aliphatic heterocycles. The molecule has 3 rings (SSSR count). The molecule has 0 aromatic heterocycles. The van der Waals surface area contributed by atoms with Crippen LogP contribution < -0.4 is 11.1 Å². The van der Waals surface area contributed by atoms with Crippen molar-refractivity contribution < 1.29 is 9.53 Å². The van der Waals surface area contributed by atoms with Gasteiger partial charge in [0.05, 0.1) is 18.8 Å². The summed E-state index contributed by atoms with van der Waals surface area (Å²) in [5.41, 5.74) is 8.06. The summed E-state index contributed by atoms with van der Waals surface area (Å²) < 4.78 is 5.96. The van der Waals surface area contributed by atoms with Crippen molar-refractivity contribution in [2.24, 2.45) is 5.73 Å². The van der Waals surface area contributed by atoms with Crippen molar-refractivity contribution in [3.8, 4) is 0 Å². The molecule has 25 heavy (non-hydrogen) atoms. The molecule has 1 aliphatic rings. The van der Waals surface area contributed by atoms with E-state index < -0.39 is 5.91 Å². The van der Waals surface area contributed by atoms with E-state index in [1.54, 1.807) is 12.1 Å². The summed E-state index contributed by atoms with van der Waals surface area (Å²) in [5, 5.41) is 3.43. The van der Waals surface area contributed by atoms with Crippen molar-refractivity contribution in [2.45, 2.75) is 25.6 Å². The lowest BCUT2D eigenvalue weighted by Crippen LogP contribution is -2.48. The number of hydrogen-bond donors (Lipinski definition) is 2. The Morgan fingerprint density at radius 3 is 2.84 bits per heavy atom. The van der Waals surface area contributed by atoms with Gasteiger partial charge in [-0.25, -0.2) is 0 Å². The van der Waals surface area contributed by atoms with Gasteiger partial charge < -0.3 is 15.8 Å². The van der Waals surface area contributed by atoms with E-state index in [1.165, 1.54) is 5.56 Å². The molecule has 2 aromatic rings. The summed E-state index contributed by atoms with van der Waals surface area (Å²) in [6.45, 7) is 5.58. The highest BCUT2D eigenvalue weighted by Gasteiger charge is 2.25. The van der Waals surface area contributed by atoms with Gasteiger partial charge in [0.1, 0.15) is 0 Å². The number of carbonyl (C=O) groups is 1. The molecule has 1 fully saturated rings. The Bertz CT molecular complexity index is 705. The molecule has 132 valence electrons. The number of rotatable bonds is 6. The standard InChI is InChI=1S/C20H25N3O2/c1-15(22-18-9-5-8-17(12-18)20(21)24)19-14-23(10-11-25-19)13-16-6-3-2-4-7-16/h2-9,12,15,19,22H,10-11,13-14H2,1H3,(H2,21,24). The molecule has 3 N–H and O–H groups in total. The molecule has 0 bridgehead atoms. The maximum atomic E-state index is 11.3. The predicted octanol–water partition coefficient (Wildman–Crippen LogP) is 2.49. The SMILES string of the molecule is CC(Nc1cccc(C(N)=O)c1)C1CN(Cc2ccccc2)CCO1. The highest BCUT2D eigenvalue weighted by Crippen LogP contribution is 2.17. The molecule has 0 aliphatic carbocycles. The molecular weight excluding hydrogens is 314 g/mol. The minimum Gasteiger partial charge on any atom is -0.380 e. The minimum atomic E-state index is -0.417. The zero-order chi connectivity index (χ0) is 17.6. The van der Waals surface area contributed by atoms with Gasteiger partial charge in [0.15, 0.2) is 0 Å². The van der Waals surface area contributed by atoms with Gasteiger partial charge in [-0.15, -0.1) is 0 Å². The van der Waals surface area contributed by atoms with Gasteiger partial charge in [-0.3, -0.25) is 9.69 Å². The lowest BCUT2D eigenvalue weighted by Gasteiger charge is -2.36. The van der Waals surface area contributed by atoms with Crippen molar-refractivity contribution >= 4 is 11.6 Å². The monoisotopic (exact) mass is 339 g/mol. The van der Waals surface area contributed by atoms with Gasteiger partial charge in [0.2, 0.25) is 5.91 Å². The first kappa shape index (κ1) is 17.5. The average molecular weight is 339 g/mol. The molecular formula is C20H25N3O2. The maximum Gasteiger partial charge on any atom is 0.248 e. The third kappa shape index (κ3) is 4.81. The van der Waals surface area contributed by atoms with Crippen molar-refractivity contribution in [3.05, 3.63) is 65.7 Å². The fraction of sp³-hybridized carbons (Fsp3) is 0.350. The third-order valence-electron chi connectivity index (χ3n) is 4.53. The number of nitrogens with one attached hydrogen (secondary N) is 1. The number of nitrogens with two attached hydrogens (primary N) is 1. The average Bonchev–Trinajstić information content (AvgIpc) is 2.63. The molecule has 2 atom stereocenters. The Balaban J connectivity index is 1.59. The summed E-state index contributed by atoms with van der Waals surface area (Å²) >= 11 is 0. The summed E-state index contributed by atoms with van der Waals surface area (Å²) in [6.07, 6.45) is 0.0923. The zero-order valence-electron chi connectivity index (χ0n) is 14.5. The number of anilines is 1. The number of amides is 1. The second kappa shape index (κ2) is 8.14. The summed E-state index contributed by atoms with van der Waals surface area (Å²) in [6, 6.07) is 17.9.